The van der Waals surface area contributed by atoms with E-state index in [1.807, 2.05) is 60.7 Å². The first-order chi connectivity index (χ1) is 16.5. The maximum absolute atomic E-state index is 10.5. The molecule has 0 spiro atoms. The Morgan fingerprint density at radius 1 is 0.514 bits per heavy atom. The van der Waals surface area contributed by atoms with Crippen LogP contribution in [0.25, 0.3) is 0 Å². The molecule has 0 atom stereocenters. The van der Waals surface area contributed by atoms with Gasteiger partial charge in [-0.05, 0) is 70.8 Å². The molecule has 0 unspecified atom stereocenters. The third-order valence-corrected chi connectivity index (χ3v) is 4.68. The molecular weight excluding hydrogens is 472 g/mol. The molecule has 4 rings (SSSR count). The second kappa shape index (κ2) is 14.8. The third-order valence-electron chi connectivity index (χ3n) is 4.68. The number of aromatic carboxylic acids is 2. The van der Waals surface area contributed by atoms with Gasteiger partial charge in [0.25, 0.3) is 0 Å². The van der Waals surface area contributed by atoms with E-state index < -0.39 is 11.9 Å². The molecule has 35 heavy (non-hydrogen) atoms. The Balaban J connectivity index is 0.000000240. The smallest absolute Gasteiger partial charge is 0.545 e. The second-order valence-corrected chi connectivity index (χ2v) is 7.17. The number of carbonyl (C=O) groups is 2. The molecule has 6 nitrogen and oxygen atoms in total. The molecule has 0 heterocycles. The van der Waals surface area contributed by atoms with Gasteiger partial charge < -0.3 is 29.3 Å². The predicted octanol–water partition coefficient (Wildman–Crippen LogP) is 2.88. The van der Waals surface area contributed by atoms with Gasteiger partial charge in [-0.15, -0.1) is 0 Å². The van der Waals surface area contributed by atoms with Gasteiger partial charge in [0.2, 0.25) is 0 Å². The number of rotatable bonds is 8. The van der Waals surface area contributed by atoms with Crippen molar-refractivity contribution < 1.29 is 29.3 Å². The minimum Gasteiger partial charge on any atom is -0.545 e. The molecular formula is C28H22CaO6. The van der Waals surface area contributed by atoms with E-state index >= 15 is 0 Å². The molecule has 0 saturated carbocycles. The van der Waals surface area contributed by atoms with Gasteiger partial charge in [-0.1, -0.05) is 60.7 Å². The fraction of sp³-hybridized carbons (Fsp3) is 0.0714. The normalized spacial score (nSPS) is 9.60. The predicted molar refractivity (Wildman–Crippen MR) is 129 cm³/mol. The summed E-state index contributed by atoms with van der Waals surface area (Å²) in [5.41, 5.74) is 2.43. The summed E-state index contributed by atoms with van der Waals surface area (Å²) in [6.07, 6.45) is 0. The summed E-state index contributed by atoms with van der Waals surface area (Å²) in [5, 5.41) is 21.1. The van der Waals surface area contributed by atoms with Gasteiger partial charge in [-0.2, -0.15) is 0 Å². The summed E-state index contributed by atoms with van der Waals surface area (Å²) >= 11 is 0. The Hall–Kier alpha value is -3.32. The summed E-state index contributed by atoms with van der Waals surface area (Å²) in [6.45, 7) is 0.928. The third kappa shape index (κ3) is 9.83. The van der Waals surface area contributed by atoms with E-state index in [9.17, 15) is 19.8 Å². The van der Waals surface area contributed by atoms with Crippen LogP contribution in [-0.2, 0) is 13.2 Å². The van der Waals surface area contributed by atoms with E-state index in [1.54, 1.807) is 24.3 Å². The molecule has 0 amide bonds. The fourth-order valence-electron chi connectivity index (χ4n) is 2.86. The zero-order chi connectivity index (χ0) is 24.2. The Morgan fingerprint density at radius 2 is 0.829 bits per heavy atom. The van der Waals surface area contributed by atoms with Gasteiger partial charge in [0, 0.05) is 0 Å². The van der Waals surface area contributed by atoms with Crippen molar-refractivity contribution in [3.8, 4) is 11.5 Å². The molecule has 4 aromatic rings. The molecule has 0 saturated heterocycles. The van der Waals surface area contributed by atoms with E-state index in [-0.39, 0.29) is 48.9 Å². The van der Waals surface area contributed by atoms with Crippen LogP contribution in [-0.4, -0.2) is 49.7 Å². The summed E-state index contributed by atoms with van der Waals surface area (Å²) < 4.78 is 11.0. The number of carbonyl (C=O) groups excluding carboxylic acids is 2. The zero-order valence-corrected chi connectivity index (χ0v) is 21.2. The van der Waals surface area contributed by atoms with Crippen LogP contribution in [0.1, 0.15) is 31.8 Å². The molecule has 0 bridgehead atoms. The molecule has 0 aromatic heterocycles. The molecule has 0 N–H and O–H groups in total. The average Bonchev–Trinajstić information content (AvgIpc) is 2.88. The second-order valence-electron chi connectivity index (χ2n) is 7.17. The van der Waals surface area contributed by atoms with Crippen molar-refractivity contribution in [1.82, 2.24) is 0 Å². The van der Waals surface area contributed by atoms with E-state index in [4.69, 9.17) is 9.47 Å². The van der Waals surface area contributed by atoms with Gasteiger partial charge in [0.05, 0.1) is 11.9 Å². The van der Waals surface area contributed by atoms with Crippen LogP contribution in [0.4, 0.5) is 0 Å². The summed E-state index contributed by atoms with van der Waals surface area (Å²) in [6, 6.07) is 31.9. The van der Waals surface area contributed by atoms with Crippen LogP contribution in [0.3, 0.4) is 0 Å². The average molecular weight is 495 g/mol. The summed E-state index contributed by atoms with van der Waals surface area (Å²) in [7, 11) is 0. The van der Waals surface area contributed by atoms with Crippen molar-refractivity contribution >= 4 is 49.7 Å². The zero-order valence-electron chi connectivity index (χ0n) is 19.0. The maximum atomic E-state index is 10.5. The summed E-state index contributed by atoms with van der Waals surface area (Å²) in [4.78, 5) is 21.1. The number of carboxylic acid groups (broad SMARTS) is 2. The number of ether oxygens (including phenoxy) is 2. The molecule has 7 heteroatoms. The van der Waals surface area contributed by atoms with Crippen molar-refractivity contribution in [3.63, 3.8) is 0 Å². The molecule has 0 radical (unpaired) electrons. The molecule has 172 valence electrons. The minimum absolute atomic E-state index is 0. The molecule has 0 fully saturated rings. The Morgan fingerprint density at radius 3 is 1.11 bits per heavy atom. The molecule has 0 aliphatic heterocycles. The largest absolute Gasteiger partial charge is 2.00 e. The number of hydrogen-bond donors (Lipinski definition) is 0. The van der Waals surface area contributed by atoms with Crippen molar-refractivity contribution in [1.29, 1.82) is 0 Å². The van der Waals surface area contributed by atoms with Crippen LogP contribution >= 0.6 is 0 Å². The summed E-state index contributed by atoms with van der Waals surface area (Å²) in [5.74, 6) is -1.09. The first kappa shape index (κ1) is 27.9. The van der Waals surface area contributed by atoms with Gasteiger partial charge in [0.15, 0.2) is 0 Å². The first-order valence-electron chi connectivity index (χ1n) is 10.5. The SMILES string of the molecule is O=C([O-])c1ccc(OCc2ccccc2)cc1.O=C([O-])c1ccc(OCc2ccccc2)cc1.[Ca+2]. The van der Waals surface area contributed by atoms with E-state index in [0.717, 1.165) is 11.1 Å². The van der Waals surface area contributed by atoms with E-state index in [1.165, 1.54) is 24.3 Å². The van der Waals surface area contributed by atoms with E-state index in [2.05, 4.69) is 0 Å². The molecule has 4 aromatic carbocycles. The Kier molecular flexibility index (Phi) is 11.8. The van der Waals surface area contributed by atoms with Crippen molar-refractivity contribution in [2.24, 2.45) is 0 Å². The quantitative estimate of drug-likeness (QED) is 0.350. The van der Waals surface area contributed by atoms with Crippen molar-refractivity contribution in [3.05, 3.63) is 131 Å². The Bertz CT molecular complexity index is 1080. The molecule has 0 aliphatic carbocycles. The van der Waals surface area contributed by atoms with Gasteiger partial charge in [-0.3, -0.25) is 0 Å². The van der Waals surface area contributed by atoms with Crippen LogP contribution < -0.4 is 19.7 Å². The number of hydrogen-bond acceptors (Lipinski definition) is 6. The monoisotopic (exact) mass is 494 g/mol. The van der Waals surface area contributed by atoms with Crippen LogP contribution in [0.2, 0.25) is 0 Å². The number of benzene rings is 4. The van der Waals surface area contributed by atoms with Crippen molar-refractivity contribution in [2.75, 3.05) is 0 Å². The number of carboxylic acids is 2. The van der Waals surface area contributed by atoms with Gasteiger partial charge in [0.1, 0.15) is 24.7 Å². The van der Waals surface area contributed by atoms with Crippen molar-refractivity contribution in [2.45, 2.75) is 13.2 Å². The first-order valence-corrected chi connectivity index (χ1v) is 10.5. The Labute approximate surface area is 233 Å². The van der Waals surface area contributed by atoms with Gasteiger partial charge in [-0.25, -0.2) is 0 Å². The van der Waals surface area contributed by atoms with Crippen LogP contribution in [0.5, 0.6) is 11.5 Å². The molecule has 0 aliphatic rings. The minimum atomic E-state index is -1.18. The van der Waals surface area contributed by atoms with Crippen LogP contribution in [0, 0.1) is 0 Å². The maximum Gasteiger partial charge on any atom is 2.00 e. The van der Waals surface area contributed by atoms with Crippen LogP contribution in [0.15, 0.2) is 109 Å². The standard InChI is InChI=1S/2C14H12O3.Ca/c2*15-14(16)12-6-8-13(9-7-12)17-10-11-4-2-1-3-5-11;/h2*1-9H,10H2,(H,15,16);/q;;+2/p-2. The van der Waals surface area contributed by atoms with Gasteiger partial charge >= 0.3 is 37.7 Å². The van der Waals surface area contributed by atoms with E-state index in [0.29, 0.717) is 24.7 Å². The fourth-order valence-corrected chi connectivity index (χ4v) is 2.86. The topological polar surface area (TPSA) is 98.7 Å².